The Morgan fingerprint density at radius 1 is 1.35 bits per heavy atom. The van der Waals surface area contributed by atoms with E-state index >= 15 is 0 Å². The topological polar surface area (TPSA) is 83.6 Å². The first kappa shape index (κ1) is 16.0. The van der Waals surface area contributed by atoms with Gasteiger partial charge in [0.2, 0.25) is 0 Å². The summed E-state index contributed by atoms with van der Waals surface area (Å²) in [6, 6.07) is 5.28. The Morgan fingerprint density at radius 2 is 2.00 bits per heavy atom. The number of hydrogen-bond donors (Lipinski definition) is 2. The van der Waals surface area contributed by atoms with Crippen LogP contribution in [0.5, 0.6) is 0 Å². The third kappa shape index (κ3) is 3.98. The van der Waals surface area contributed by atoms with E-state index in [1.807, 2.05) is 20.8 Å². The number of nitrogens with zero attached hydrogens (tertiary/aromatic N) is 1. The maximum absolute atomic E-state index is 12.6. The molecule has 0 aromatic heterocycles. The van der Waals surface area contributed by atoms with Crippen molar-refractivity contribution in [1.82, 2.24) is 4.90 Å². The molecule has 1 aromatic carbocycles. The van der Waals surface area contributed by atoms with Crippen LogP contribution in [0, 0.1) is 6.92 Å². The molecule has 5 nitrogen and oxygen atoms in total. The third-order valence-corrected chi connectivity index (χ3v) is 3.28. The fourth-order valence-electron chi connectivity index (χ4n) is 2.03. The number of carbonyl (C=O) groups is 2. The van der Waals surface area contributed by atoms with E-state index in [9.17, 15) is 9.59 Å². The van der Waals surface area contributed by atoms with Crippen LogP contribution in [0.1, 0.15) is 42.6 Å². The second-order valence-corrected chi connectivity index (χ2v) is 5.11. The van der Waals surface area contributed by atoms with Gasteiger partial charge in [-0.15, -0.1) is 0 Å². The molecule has 0 bridgehead atoms. The van der Waals surface area contributed by atoms with Crippen LogP contribution in [0.25, 0.3) is 0 Å². The second-order valence-electron chi connectivity index (χ2n) is 5.11. The Kier molecular flexibility index (Phi) is 5.55. The summed E-state index contributed by atoms with van der Waals surface area (Å²) < 4.78 is 0. The largest absolute Gasteiger partial charge is 0.481 e. The number of carbonyl (C=O) groups excluding carboxylic acids is 1. The van der Waals surface area contributed by atoms with E-state index in [1.54, 1.807) is 23.1 Å². The zero-order chi connectivity index (χ0) is 15.3. The standard InChI is InChI=1S/C15H22N2O3/c1-10(2)17(9-5-8-14(18)19)15(20)12-6-4-7-13(16)11(12)3/h4,6-7,10H,5,8-9,16H2,1-3H3,(H,18,19). The molecular weight excluding hydrogens is 256 g/mol. The number of amides is 1. The van der Waals surface area contributed by atoms with Crippen molar-refractivity contribution in [2.45, 2.75) is 39.7 Å². The molecule has 110 valence electrons. The van der Waals surface area contributed by atoms with Gasteiger partial charge in [0, 0.05) is 30.3 Å². The maximum Gasteiger partial charge on any atom is 0.303 e. The predicted octanol–water partition coefficient (Wildman–Crippen LogP) is 2.29. The van der Waals surface area contributed by atoms with Gasteiger partial charge in [-0.05, 0) is 44.9 Å². The molecule has 0 spiro atoms. The maximum atomic E-state index is 12.6. The molecule has 20 heavy (non-hydrogen) atoms. The number of nitrogen functional groups attached to an aromatic ring is 1. The first-order valence-corrected chi connectivity index (χ1v) is 6.72. The summed E-state index contributed by atoms with van der Waals surface area (Å²) in [4.78, 5) is 24.8. The molecule has 0 aliphatic rings. The summed E-state index contributed by atoms with van der Waals surface area (Å²) in [7, 11) is 0. The summed E-state index contributed by atoms with van der Waals surface area (Å²) in [6.07, 6.45) is 0.507. The van der Waals surface area contributed by atoms with Crippen LogP contribution in [-0.2, 0) is 4.79 Å². The van der Waals surface area contributed by atoms with Crippen LogP contribution in [0.3, 0.4) is 0 Å². The van der Waals surface area contributed by atoms with Gasteiger partial charge in [0.1, 0.15) is 0 Å². The van der Waals surface area contributed by atoms with Gasteiger partial charge in [-0.2, -0.15) is 0 Å². The molecule has 3 N–H and O–H groups in total. The van der Waals surface area contributed by atoms with Crippen molar-refractivity contribution >= 4 is 17.6 Å². The number of rotatable bonds is 6. The molecule has 0 aliphatic carbocycles. The highest BCUT2D eigenvalue weighted by molar-refractivity contribution is 5.97. The van der Waals surface area contributed by atoms with Gasteiger partial charge in [-0.25, -0.2) is 0 Å². The van der Waals surface area contributed by atoms with Crippen molar-refractivity contribution in [3.8, 4) is 0 Å². The first-order chi connectivity index (χ1) is 9.34. The molecule has 0 saturated carbocycles. The van der Waals surface area contributed by atoms with Crippen molar-refractivity contribution in [1.29, 1.82) is 0 Å². The average molecular weight is 278 g/mol. The molecule has 0 saturated heterocycles. The van der Waals surface area contributed by atoms with Crippen molar-refractivity contribution in [3.63, 3.8) is 0 Å². The van der Waals surface area contributed by atoms with Gasteiger partial charge >= 0.3 is 5.97 Å². The summed E-state index contributed by atoms with van der Waals surface area (Å²) in [5, 5.41) is 8.68. The number of carboxylic acid groups (broad SMARTS) is 1. The lowest BCUT2D eigenvalue weighted by molar-refractivity contribution is -0.137. The molecule has 0 aliphatic heterocycles. The quantitative estimate of drug-likeness (QED) is 0.782. The molecule has 1 aromatic rings. The fourth-order valence-corrected chi connectivity index (χ4v) is 2.03. The lowest BCUT2D eigenvalue weighted by Crippen LogP contribution is -2.38. The van der Waals surface area contributed by atoms with Crippen molar-refractivity contribution in [2.75, 3.05) is 12.3 Å². The number of anilines is 1. The Balaban J connectivity index is 2.88. The SMILES string of the molecule is Cc1c(N)cccc1C(=O)N(CCCC(=O)O)C(C)C. The molecule has 0 heterocycles. The smallest absolute Gasteiger partial charge is 0.303 e. The van der Waals surface area contributed by atoms with Crippen LogP contribution in [0.2, 0.25) is 0 Å². The van der Waals surface area contributed by atoms with E-state index in [4.69, 9.17) is 10.8 Å². The summed E-state index contributed by atoms with van der Waals surface area (Å²) in [6.45, 7) is 6.08. The molecular formula is C15H22N2O3. The summed E-state index contributed by atoms with van der Waals surface area (Å²) in [5.41, 5.74) is 7.76. The van der Waals surface area contributed by atoms with Crippen molar-refractivity contribution in [3.05, 3.63) is 29.3 Å². The highest BCUT2D eigenvalue weighted by Gasteiger charge is 2.20. The van der Waals surface area contributed by atoms with Crippen LogP contribution in [0.15, 0.2) is 18.2 Å². The minimum absolute atomic E-state index is 0.0112. The summed E-state index contributed by atoms with van der Waals surface area (Å²) >= 11 is 0. The van der Waals surface area contributed by atoms with E-state index in [2.05, 4.69) is 0 Å². The molecule has 0 atom stereocenters. The number of carboxylic acids is 1. The van der Waals surface area contributed by atoms with Gasteiger partial charge in [-0.1, -0.05) is 6.07 Å². The predicted molar refractivity (Wildman–Crippen MR) is 78.6 cm³/mol. The molecule has 0 unspecified atom stereocenters. The third-order valence-electron chi connectivity index (χ3n) is 3.28. The van der Waals surface area contributed by atoms with E-state index in [-0.39, 0.29) is 18.4 Å². The average Bonchev–Trinajstić information content (AvgIpc) is 2.36. The lowest BCUT2D eigenvalue weighted by Gasteiger charge is -2.27. The molecule has 0 radical (unpaired) electrons. The molecule has 5 heteroatoms. The molecule has 1 rings (SSSR count). The highest BCUT2D eigenvalue weighted by atomic mass is 16.4. The zero-order valence-electron chi connectivity index (χ0n) is 12.2. The summed E-state index contributed by atoms with van der Waals surface area (Å²) in [5.74, 6) is -0.948. The van der Waals surface area contributed by atoms with Crippen molar-refractivity contribution < 1.29 is 14.7 Å². The highest BCUT2D eigenvalue weighted by Crippen LogP contribution is 2.19. The first-order valence-electron chi connectivity index (χ1n) is 6.72. The molecule has 0 fully saturated rings. The number of benzene rings is 1. The van der Waals surface area contributed by atoms with Crippen LogP contribution in [-0.4, -0.2) is 34.5 Å². The van der Waals surface area contributed by atoms with Gasteiger partial charge in [0.15, 0.2) is 0 Å². The Bertz CT molecular complexity index is 498. The van der Waals surface area contributed by atoms with E-state index in [1.165, 1.54) is 0 Å². The van der Waals surface area contributed by atoms with Gasteiger partial charge in [-0.3, -0.25) is 9.59 Å². The van der Waals surface area contributed by atoms with E-state index < -0.39 is 5.97 Å². The van der Waals surface area contributed by atoms with Gasteiger partial charge in [0.05, 0.1) is 0 Å². The Morgan fingerprint density at radius 3 is 2.55 bits per heavy atom. The van der Waals surface area contributed by atoms with Crippen molar-refractivity contribution in [2.24, 2.45) is 0 Å². The van der Waals surface area contributed by atoms with E-state index in [0.717, 1.165) is 5.56 Å². The number of nitrogens with two attached hydrogens (primary N) is 1. The lowest BCUT2D eigenvalue weighted by atomic mass is 10.0. The van der Waals surface area contributed by atoms with Crippen LogP contribution >= 0.6 is 0 Å². The number of aliphatic carboxylic acids is 1. The van der Waals surface area contributed by atoms with E-state index in [0.29, 0.717) is 24.2 Å². The monoisotopic (exact) mass is 278 g/mol. The van der Waals surface area contributed by atoms with Gasteiger partial charge < -0.3 is 15.7 Å². The fraction of sp³-hybridized carbons (Fsp3) is 0.467. The second kappa shape index (κ2) is 6.93. The van der Waals surface area contributed by atoms with Crippen LogP contribution in [0.4, 0.5) is 5.69 Å². The van der Waals surface area contributed by atoms with Gasteiger partial charge in [0.25, 0.3) is 5.91 Å². The normalized spacial score (nSPS) is 10.6. The molecule has 1 amide bonds. The minimum Gasteiger partial charge on any atom is -0.481 e. The van der Waals surface area contributed by atoms with Crippen LogP contribution < -0.4 is 5.73 Å². The number of hydrogen-bond acceptors (Lipinski definition) is 3. The zero-order valence-corrected chi connectivity index (χ0v) is 12.2. The minimum atomic E-state index is -0.846. The Hall–Kier alpha value is -2.04. The Labute approximate surface area is 119 Å².